The number of amides is 1. The second kappa shape index (κ2) is 8.59. The van der Waals surface area contributed by atoms with Crippen molar-refractivity contribution in [1.82, 2.24) is 24.8 Å². The summed E-state index contributed by atoms with van der Waals surface area (Å²) >= 11 is 1.27. The van der Waals surface area contributed by atoms with Crippen LogP contribution in [-0.2, 0) is 16.0 Å². The summed E-state index contributed by atoms with van der Waals surface area (Å²) in [6.45, 7) is 4.23. The van der Waals surface area contributed by atoms with Crippen LogP contribution in [0.1, 0.15) is 33.5 Å². The van der Waals surface area contributed by atoms with Crippen LogP contribution >= 0.6 is 11.3 Å². The molecular weight excluding hydrogens is 438 g/mol. The normalized spacial score (nSPS) is 13.4. The highest BCUT2D eigenvalue weighted by molar-refractivity contribution is 7.17. The van der Waals surface area contributed by atoms with Crippen molar-refractivity contribution in [2.45, 2.75) is 20.3 Å². The Morgan fingerprint density at radius 2 is 2.09 bits per heavy atom. The molecule has 0 radical (unpaired) electrons. The van der Waals surface area contributed by atoms with Crippen molar-refractivity contribution >= 4 is 39.7 Å². The summed E-state index contributed by atoms with van der Waals surface area (Å²) in [7, 11) is 0. The molecule has 0 unspecified atom stereocenters. The quantitative estimate of drug-likeness (QED) is 0.463. The molecule has 5 rings (SSSR count). The molecule has 1 amide bonds. The van der Waals surface area contributed by atoms with Crippen LogP contribution < -0.4 is 0 Å². The number of nitrogens with zero attached hydrogens (tertiary/aromatic N) is 4. The number of hydrogen-bond donors (Lipinski definition) is 1. The number of para-hydroxylation sites is 1. The van der Waals surface area contributed by atoms with E-state index in [-0.39, 0.29) is 12.5 Å². The van der Waals surface area contributed by atoms with Gasteiger partial charge in [-0.2, -0.15) is 0 Å². The van der Waals surface area contributed by atoms with E-state index in [1.165, 1.54) is 11.3 Å². The lowest BCUT2D eigenvalue weighted by Crippen LogP contribution is -2.27. The Morgan fingerprint density at radius 1 is 1.24 bits per heavy atom. The van der Waals surface area contributed by atoms with Crippen LogP contribution in [-0.4, -0.2) is 49.9 Å². The number of ether oxygens (including phenoxy) is 1. The molecule has 33 heavy (non-hydrogen) atoms. The number of fused-ring (bicyclic) bond motifs is 3. The standard InChI is InChI=1S/C24H21N5O3S/c1-3-32-24(31)17-13-29(11-8-16-15-6-4-5-7-18(15)28-20(16)17)23(30)21-14(2)27-22(33-21)19-12-25-9-10-26-19/h4-7,9-10,12-13,28H,3,8,11H2,1-2H3. The summed E-state index contributed by atoms with van der Waals surface area (Å²) in [5, 5.41) is 1.67. The first-order valence-corrected chi connectivity index (χ1v) is 11.4. The number of benzene rings is 1. The molecule has 0 bridgehead atoms. The Labute approximate surface area is 194 Å². The Balaban J connectivity index is 1.55. The second-order valence-corrected chi connectivity index (χ2v) is 8.56. The zero-order valence-electron chi connectivity index (χ0n) is 18.2. The summed E-state index contributed by atoms with van der Waals surface area (Å²) in [4.78, 5) is 44.7. The third-order valence-electron chi connectivity index (χ3n) is 5.50. The first kappa shape index (κ1) is 21.0. The molecule has 1 aromatic carbocycles. The Bertz CT molecular complexity index is 1390. The molecule has 0 spiro atoms. The molecule has 0 saturated carbocycles. The maximum absolute atomic E-state index is 13.5. The van der Waals surface area contributed by atoms with Crippen LogP contribution in [0.15, 0.2) is 49.1 Å². The number of carbonyl (C=O) groups is 2. The lowest BCUT2D eigenvalue weighted by Gasteiger charge is -2.17. The fourth-order valence-corrected chi connectivity index (χ4v) is 4.96. The van der Waals surface area contributed by atoms with Crippen molar-refractivity contribution in [3.8, 4) is 10.7 Å². The van der Waals surface area contributed by atoms with Crippen LogP contribution in [0, 0.1) is 6.92 Å². The lowest BCUT2D eigenvalue weighted by molar-refractivity contribution is -0.136. The number of H-pyrrole nitrogens is 1. The average Bonchev–Trinajstić information content (AvgIpc) is 3.34. The minimum atomic E-state index is -0.466. The molecule has 4 aromatic rings. The Hall–Kier alpha value is -3.85. The van der Waals surface area contributed by atoms with E-state index < -0.39 is 5.97 Å². The third kappa shape index (κ3) is 3.80. The molecule has 0 saturated heterocycles. The van der Waals surface area contributed by atoms with Gasteiger partial charge in [-0.1, -0.05) is 18.2 Å². The summed E-state index contributed by atoms with van der Waals surface area (Å²) in [5.74, 6) is -0.678. The molecule has 4 heterocycles. The first-order valence-electron chi connectivity index (χ1n) is 10.6. The molecular formula is C24H21N5O3S. The van der Waals surface area contributed by atoms with Crippen LogP contribution in [0.25, 0.3) is 27.2 Å². The Morgan fingerprint density at radius 3 is 2.88 bits per heavy atom. The van der Waals surface area contributed by atoms with Gasteiger partial charge in [0.1, 0.15) is 15.6 Å². The van der Waals surface area contributed by atoms with E-state index in [0.29, 0.717) is 45.5 Å². The molecule has 1 N–H and O–H groups in total. The van der Waals surface area contributed by atoms with Gasteiger partial charge in [0.25, 0.3) is 5.91 Å². The summed E-state index contributed by atoms with van der Waals surface area (Å²) in [6, 6.07) is 7.91. The SMILES string of the molecule is CCOC(=O)C1=CN(C(=O)c2sc(-c3cnccn3)nc2C)CCc2c1[nH]c1ccccc21. The van der Waals surface area contributed by atoms with Gasteiger partial charge in [0.2, 0.25) is 0 Å². The Kier molecular flexibility index (Phi) is 5.47. The second-order valence-electron chi connectivity index (χ2n) is 7.56. The zero-order chi connectivity index (χ0) is 22.9. The van der Waals surface area contributed by atoms with Gasteiger partial charge in [-0.25, -0.2) is 9.78 Å². The van der Waals surface area contributed by atoms with E-state index in [2.05, 4.69) is 19.9 Å². The van der Waals surface area contributed by atoms with Crippen LogP contribution in [0.4, 0.5) is 0 Å². The number of aryl methyl sites for hydroxylation is 1. The molecule has 166 valence electrons. The van der Waals surface area contributed by atoms with Crippen molar-refractivity contribution in [2.24, 2.45) is 0 Å². The number of thiazole rings is 1. The minimum Gasteiger partial charge on any atom is -0.462 e. The number of aromatic amines is 1. The lowest BCUT2D eigenvalue weighted by atomic mass is 10.0. The predicted octanol–water partition coefficient (Wildman–Crippen LogP) is 3.99. The van der Waals surface area contributed by atoms with E-state index in [4.69, 9.17) is 4.74 Å². The van der Waals surface area contributed by atoms with Crippen LogP contribution in [0.3, 0.4) is 0 Å². The van der Waals surface area contributed by atoms with Gasteiger partial charge in [0.05, 0.1) is 29.8 Å². The average molecular weight is 460 g/mol. The molecule has 1 aliphatic heterocycles. The van der Waals surface area contributed by atoms with Gasteiger partial charge in [-0.3, -0.25) is 14.8 Å². The topological polar surface area (TPSA) is 101 Å². The van der Waals surface area contributed by atoms with Gasteiger partial charge in [0, 0.05) is 36.0 Å². The molecule has 3 aromatic heterocycles. The molecule has 9 heteroatoms. The van der Waals surface area contributed by atoms with Gasteiger partial charge < -0.3 is 14.6 Å². The smallest absolute Gasteiger partial charge is 0.341 e. The fourth-order valence-electron chi connectivity index (χ4n) is 3.97. The molecule has 0 fully saturated rings. The fraction of sp³-hybridized carbons (Fsp3) is 0.208. The number of rotatable bonds is 4. The molecule has 0 aliphatic carbocycles. The molecule has 0 atom stereocenters. The van der Waals surface area contributed by atoms with Gasteiger partial charge in [-0.05, 0) is 31.9 Å². The van der Waals surface area contributed by atoms with Crippen molar-refractivity contribution in [3.63, 3.8) is 0 Å². The highest BCUT2D eigenvalue weighted by Crippen LogP contribution is 2.33. The first-order chi connectivity index (χ1) is 16.1. The number of esters is 1. The number of nitrogens with one attached hydrogen (secondary N) is 1. The monoisotopic (exact) mass is 459 g/mol. The van der Waals surface area contributed by atoms with E-state index in [1.54, 1.807) is 43.5 Å². The molecule has 8 nitrogen and oxygen atoms in total. The molecule has 1 aliphatic rings. The third-order valence-corrected chi connectivity index (χ3v) is 6.67. The van der Waals surface area contributed by atoms with E-state index >= 15 is 0 Å². The minimum absolute atomic E-state index is 0.212. The number of aromatic nitrogens is 4. The maximum Gasteiger partial charge on any atom is 0.341 e. The van der Waals surface area contributed by atoms with Gasteiger partial charge in [-0.15, -0.1) is 11.3 Å². The maximum atomic E-state index is 13.5. The van der Waals surface area contributed by atoms with Crippen molar-refractivity contribution in [2.75, 3.05) is 13.2 Å². The highest BCUT2D eigenvalue weighted by Gasteiger charge is 2.29. The van der Waals surface area contributed by atoms with Crippen molar-refractivity contribution in [3.05, 3.63) is 70.9 Å². The summed E-state index contributed by atoms with van der Waals surface area (Å²) in [6.07, 6.45) is 7.00. The van der Waals surface area contributed by atoms with E-state index in [9.17, 15) is 9.59 Å². The largest absolute Gasteiger partial charge is 0.462 e. The summed E-state index contributed by atoms with van der Waals surface area (Å²) in [5.41, 5.74) is 4.22. The zero-order valence-corrected chi connectivity index (χ0v) is 19.0. The van der Waals surface area contributed by atoms with Crippen molar-refractivity contribution < 1.29 is 14.3 Å². The number of hydrogen-bond acceptors (Lipinski definition) is 7. The van der Waals surface area contributed by atoms with E-state index in [0.717, 1.165) is 16.5 Å². The van der Waals surface area contributed by atoms with E-state index in [1.807, 2.05) is 24.3 Å². The van der Waals surface area contributed by atoms with Crippen molar-refractivity contribution in [1.29, 1.82) is 0 Å². The van der Waals surface area contributed by atoms with Gasteiger partial charge in [0.15, 0.2) is 0 Å². The highest BCUT2D eigenvalue weighted by atomic mass is 32.1. The number of carbonyl (C=O) groups excluding carboxylic acids is 2. The van der Waals surface area contributed by atoms with Gasteiger partial charge >= 0.3 is 5.97 Å². The summed E-state index contributed by atoms with van der Waals surface area (Å²) < 4.78 is 5.32. The van der Waals surface area contributed by atoms with Crippen LogP contribution in [0.2, 0.25) is 0 Å². The predicted molar refractivity (Wildman–Crippen MR) is 126 cm³/mol. The van der Waals surface area contributed by atoms with Crippen LogP contribution in [0.5, 0.6) is 0 Å².